The molecule has 0 spiro atoms. The van der Waals surface area contributed by atoms with Gasteiger partial charge in [-0.1, -0.05) is 0 Å². The van der Waals surface area contributed by atoms with Crippen molar-refractivity contribution in [3.05, 3.63) is 54.2 Å². The van der Waals surface area contributed by atoms with Crippen molar-refractivity contribution in [1.82, 2.24) is 9.97 Å². The predicted octanol–water partition coefficient (Wildman–Crippen LogP) is 4.09. The molecule has 0 atom stereocenters. The molecule has 9 nitrogen and oxygen atoms in total. The van der Waals surface area contributed by atoms with Gasteiger partial charge in [-0.15, -0.1) is 0 Å². The molecule has 0 radical (unpaired) electrons. The van der Waals surface area contributed by atoms with E-state index in [2.05, 4.69) is 24.9 Å². The normalized spacial score (nSPS) is 15.6. The average molecular weight is 482 g/mol. The van der Waals surface area contributed by atoms with Crippen LogP contribution in [0, 0.1) is 6.92 Å². The number of nitrogens with one attached hydrogen (secondary N) is 2. The first-order chi connectivity index (χ1) is 16.5. The van der Waals surface area contributed by atoms with Crippen LogP contribution in [0.1, 0.15) is 25.0 Å². The van der Waals surface area contributed by atoms with E-state index in [0.717, 1.165) is 49.7 Å². The average Bonchev–Trinajstić information content (AvgIpc) is 3.25. The van der Waals surface area contributed by atoms with Crippen LogP contribution in [0.5, 0.6) is 11.5 Å². The minimum absolute atomic E-state index is 0.116. The molecule has 2 aliphatic heterocycles. The highest BCUT2D eigenvalue weighted by Crippen LogP contribution is 2.32. The van der Waals surface area contributed by atoms with Gasteiger partial charge in [0.05, 0.1) is 18.1 Å². The molecule has 0 saturated carbocycles. The van der Waals surface area contributed by atoms with Crippen LogP contribution in [0.3, 0.4) is 0 Å². The van der Waals surface area contributed by atoms with Gasteiger partial charge in [0, 0.05) is 48.7 Å². The zero-order chi connectivity index (χ0) is 23.5. The second-order valence-corrected chi connectivity index (χ2v) is 10.0. The minimum atomic E-state index is -3.78. The van der Waals surface area contributed by atoms with E-state index in [1.165, 1.54) is 12.1 Å². The molecule has 1 fully saturated rings. The van der Waals surface area contributed by atoms with Crippen molar-refractivity contribution in [3.8, 4) is 11.5 Å². The fourth-order valence-electron chi connectivity index (χ4n) is 3.97. The molecular weight excluding hydrogens is 454 g/mol. The van der Waals surface area contributed by atoms with Crippen LogP contribution in [0.25, 0.3) is 0 Å². The van der Waals surface area contributed by atoms with Gasteiger partial charge in [-0.3, -0.25) is 4.72 Å². The smallest absolute Gasteiger partial charge is 0.262 e. The summed E-state index contributed by atoms with van der Waals surface area (Å²) >= 11 is 0. The number of aryl methyl sites for hydroxylation is 1. The number of fused-ring (bicyclic) bond motifs is 1. The highest BCUT2D eigenvalue weighted by Gasteiger charge is 2.19. The number of sulfonamides is 1. The molecule has 2 N–H and O–H groups in total. The van der Waals surface area contributed by atoms with Crippen LogP contribution in [0.2, 0.25) is 0 Å². The lowest BCUT2D eigenvalue weighted by atomic mass is 10.3. The summed E-state index contributed by atoms with van der Waals surface area (Å²) in [5.74, 6) is 2.43. The Labute approximate surface area is 199 Å². The number of hydrogen-bond donors (Lipinski definition) is 2. The Morgan fingerprint density at radius 3 is 2.32 bits per heavy atom. The summed E-state index contributed by atoms with van der Waals surface area (Å²) in [6.45, 7) is 4.93. The summed E-state index contributed by atoms with van der Waals surface area (Å²) in [7, 11) is -3.78. The Morgan fingerprint density at radius 2 is 1.56 bits per heavy atom. The number of hydrogen-bond acceptors (Lipinski definition) is 8. The predicted molar refractivity (Wildman–Crippen MR) is 131 cm³/mol. The Morgan fingerprint density at radius 1 is 0.853 bits per heavy atom. The van der Waals surface area contributed by atoms with Crippen molar-refractivity contribution in [2.24, 2.45) is 0 Å². The van der Waals surface area contributed by atoms with Crippen molar-refractivity contribution < 1.29 is 17.9 Å². The molecule has 34 heavy (non-hydrogen) atoms. The largest absolute Gasteiger partial charge is 0.490 e. The Kier molecular flexibility index (Phi) is 6.14. The summed E-state index contributed by atoms with van der Waals surface area (Å²) in [5, 5.41) is 3.28. The summed E-state index contributed by atoms with van der Waals surface area (Å²) < 4.78 is 39.6. The first-order valence-corrected chi connectivity index (χ1v) is 12.8. The van der Waals surface area contributed by atoms with Gasteiger partial charge in [-0.05, 0) is 56.2 Å². The second-order valence-electron chi connectivity index (χ2n) is 8.36. The SMILES string of the molecule is Cc1cc(Nc2ccc(NS(=O)(=O)c3ccc4c(c3)OCCCO4)cc2)nc(N2CCCC2)n1. The zero-order valence-electron chi connectivity index (χ0n) is 19.0. The summed E-state index contributed by atoms with van der Waals surface area (Å²) in [6.07, 6.45) is 3.07. The number of anilines is 4. The Hall–Kier alpha value is -3.53. The lowest BCUT2D eigenvalue weighted by Crippen LogP contribution is -2.21. The number of rotatable bonds is 6. The van der Waals surface area contributed by atoms with Crippen LogP contribution < -0.4 is 24.4 Å². The second kappa shape index (κ2) is 9.38. The van der Waals surface area contributed by atoms with E-state index in [1.807, 2.05) is 13.0 Å². The summed E-state index contributed by atoms with van der Waals surface area (Å²) in [6, 6.07) is 13.5. The monoisotopic (exact) mass is 481 g/mol. The van der Waals surface area contributed by atoms with Crippen LogP contribution in [-0.4, -0.2) is 44.7 Å². The van der Waals surface area contributed by atoms with E-state index >= 15 is 0 Å². The maximum Gasteiger partial charge on any atom is 0.262 e. The third-order valence-electron chi connectivity index (χ3n) is 5.67. The van der Waals surface area contributed by atoms with E-state index in [1.54, 1.807) is 30.3 Å². The quantitative estimate of drug-likeness (QED) is 0.542. The molecule has 0 unspecified atom stereocenters. The zero-order valence-corrected chi connectivity index (χ0v) is 19.8. The van der Waals surface area contributed by atoms with Crippen LogP contribution in [-0.2, 0) is 10.0 Å². The van der Waals surface area contributed by atoms with Gasteiger partial charge in [0.2, 0.25) is 5.95 Å². The van der Waals surface area contributed by atoms with Gasteiger partial charge in [0.1, 0.15) is 5.82 Å². The van der Waals surface area contributed by atoms with E-state index in [4.69, 9.17) is 9.47 Å². The fraction of sp³-hybridized carbons (Fsp3) is 0.333. The number of aromatic nitrogens is 2. The third kappa shape index (κ3) is 5.01. The van der Waals surface area contributed by atoms with Gasteiger partial charge in [-0.25, -0.2) is 13.4 Å². The lowest BCUT2D eigenvalue weighted by molar-refractivity contribution is 0.297. The maximum atomic E-state index is 12.9. The molecule has 5 rings (SSSR count). The number of benzene rings is 2. The van der Waals surface area contributed by atoms with Crippen molar-refractivity contribution in [2.45, 2.75) is 31.1 Å². The third-order valence-corrected chi connectivity index (χ3v) is 7.05. The van der Waals surface area contributed by atoms with Crippen LogP contribution in [0.4, 0.5) is 23.1 Å². The molecule has 1 saturated heterocycles. The van der Waals surface area contributed by atoms with E-state index < -0.39 is 10.0 Å². The van der Waals surface area contributed by atoms with Gasteiger partial charge < -0.3 is 19.7 Å². The molecule has 178 valence electrons. The number of ether oxygens (including phenoxy) is 2. The van der Waals surface area contributed by atoms with Crippen molar-refractivity contribution in [3.63, 3.8) is 0 Å². The summed E-state index contributed by atoms with van der Waals surface area (Å²) in [4.78, 5) is 11.5. The molecule has 3 aromatic rings. The fourth-order valence-corrected chi connectivity index (χ4v) is 5.04. The molecule has 0 aliphatic carbocycles. The van der Waals surface area contributed by atoms with E-state index in [9.17, 15) is 8.42 Å². The molecule has 1 aromatic heterocycles. The highest BCUT2D eigenvalue weighted by molar-refractivity contribution is 7.92. The highest BCUT2D eigenvalue weighted by atomic mass is 32.2. The van der Waals surface area contributed by atoms with E-state index in [0.29, 0.717) is 36.2 Å². The van der Waals surface area contributed by atoms with Crippen molar-refractivity contribution in [1.29, 1.82) is 0 Å². The molecule has 2 aliphatic rings. The maximum absolute atomic E-state index is 12.9. The first-order valence-electron chi connectivity index (χ1n) is 11.4. The topological polar surface area (TPSA) is 106 Å². The van der Waals surface area contributed by atoms with Crippen molar-refractivity contribution >= 4 is 33.2 Å². The van der Waals surface area contributed by atoms with Gasteiger partial charge in [0.15, 0.2) is 11.5 Å². The van der Waals surface area contributed by atoms with Gasteiger partial charge >= 0.3 is 0 Å². The van der Waals surface area contributed by atoms with Gasteiger partial charge in [-0.2, -0.15) is 4.98 Å². The van der Waals surface area contributed by atoms with E-state index in [-0.39, 0.29) is 4.90 Å². The van der Waals surface area contributed by atoms with Crippen LogP contribution >= 0.6 is 0 Å². The first kappa shape index (κ1) is 22.3. The van der Waals surface area contributed by atoms with Crippen molar-refractivity contribution in [2.75, 3.05) is 41.2 Å². The Balaban J connectivity index is 1.29. The molecular formula is C24H27N5O4S. The van der Waals surface area contributed by atoms with Gasteiger partial charge in [0.25, 0.3) is 10.0 Å². The molecule has 0 bridgehead atoms. The standard InChI is InChI=1S/C24H27N5O4S/c1-17-15-23(27-24(25-17)29-11-2-3-12-29)26-18-5-7-19(8-6-18)28-34(30,31)20-9-10-21-22(16-20)33-14-4-13-32-21/h5-10,15-16,28H,2-4,11-14H2,1H3,(H,25,26,27). The number of nitrogens with zero attached hydrogens (tertiary/aromatic N) is 3. The minimum Gasteiger partial charge on any atom is -0.490 e. The summed E-state index contributed by atoms with van der Waals surface area (Å²) in [5.41, 5.74) is 2.14. The lowest BCUT2D eigenvalue weighted by Gasteiger charge is -2.17. The molecule has 2 aromatic carbocycles. The molecule has 0 amide bonds. The molecule has 3 heterocycles. The molecule has 10 heteroatoms. The Bertz CT molecular complexity index is 1280. The van der Waals surface area contributed by atoms with Crippen LogP contribution in [0.15, 0.2) is 53.4 Å².